The summed E-state index contributed by atoms with van der Waals surface area (Å²) in [6.07, 6.45) is 4.25. The highest BCUT2D eigenvalue weighted by molar-refractivity contribution is 7.99. The third kappa shape index (κ3) is 3.56. The van der Waals surface area contributed by atoms with Crippen LogP contribution in [-0.2, 0) is 6.54 Å². The molecule has 0 radical (unpaired) electrons. The van der Waals surface area contributed by atoms with Crippen LogP contribution in [0.1, 0.15) is 40.6 Å². The molecule has 0 spiro atoms. The van der Waals surface area contributed by atoms with Gasteiger partial charge in [-0.05, 0) is 32.8 Å². The highest BCUT2D eigenvalue weighted by atomic mass is 32.2. The van der Waals surface area contributed by atoms with Gasteiger partial charge in [-0.25, -0.2) is 0 Å². The Kier molecular flexibility index (Phi) is 5.22. The number of nitrogens with zero attached hydrogens (tertiary/aromatic N) is 4. The lowest BCUT2D eigenvalue weighted by molar-refractivity contribution is 0.102. The fraction of sp³-hybridized carbons (Fsp3) is 0.318. The summed E-state index contributed by atoms with van der Waals surface area (Å²) in [5.74, 6) is 1.28. The normalized spacial score (nSPS) is 13.6. The molecule has 0 atom stereocenters. The first-order chi connectivity index (χ1) is 13.6. The molecule has 4 rings (SSSR count). The molecule has 0 N–H and O–H groups in total. The van der Waals surface area contributed by atoms with E-state index in [1.807, 2.05) is 47.0 Å². The molecule has 1 fully saturated rings. The lowest BCUT2D eigenvalue weighted by Gasteiger charge is -2.08. The molecule has 0 unspecified atom stereocenters. The third-order valence-corrected chi connectivity index (χ3v) is 6.06. The second-order valence-corrected chi connectivity index (χ2v) is 8.11. The Morgan fingerprint density at radius 1 is 1.25 bits per heavy atom. The van der Waals surface area contributed by atoms with Crippen LogP contribution < -0.4 is 0 Å². The summed E-state index contributed by atoms with van der Waals surface area (Å²) in [6, 6.07) is 12.6. The van der Waals surface area contributed by atoms with Crippen molar-refractivity contribution >= 4 is 17.5 Å². The average molecular weight is 393 g/mol. The zero-order valence-corrected chi connectivity index (χ0v) is 17.1. The monoisotopic (exact) mass is 392 g/mol. The molecule has 2 heterocycles. The largest absolute Gasteiger partial charge is 0.345 e. The summed E-state index contributed by atoms with van der Waals surface area (Å²) < 4.78 is 4.32. The van der Waals surface area contributed by atoms with Gasteiger partial charge in [0, 0.05) is 35.1 Å². The minimum Gasteiger partial charge on any atom is -0.345 e. The second-order valence-electron chi connectivity index (χ2n) is 7.17. The van der Waals surface area contributed by atoms with Crippen LogP contribution in [0.2, 0.25) is 0 Å². The quantitative estimate of drug-likeness (QED) is 0.312. The van der Waals surface area contributed by atoms with Crippen LogP contribution in [0.4, 0.5) is 0 Å². The van der Waals surface area contributed by atoms with Gasteiger partial charge in [0.25, 0.3) is 0 Å². The lowest BCUT2D eigenvalue weighted by Crippen LogP contribution is -2.07. The molecule has 28 heavy (non-hydrogen) atoms. The number of Topliss-reactive ketones (excluding diaryl/α,β-unsaturated/α-hetero) is 1. The van der Waals surface area contributed by atoms with E-state index in [-0.39, 0.29) is 5.78 Å². The summed E-state index contributed by atoms with van der Waals surface area (Å²) in [5.41, 5.74) is 4.09. The Morgan fingerprint density at radius 3 is 2.68 bits per heavy atom. The van der Waals surface area contributed by atoms with Gasteiger partial charge in [-0.3, -0.25) is 9.36 Å². The maximum absolute atomic E-state index is 12.9. The Bertz CT molecular complexity index is 1010. The highest BCUT2D eigenvalue weighted by Gasteiger charge is 2.28. The Morgan fingerprint density at radius 2 is 2.00 bits per heavy atom. The molecule has 6 heteroatoms. The molecular formula is C22H24N4OS. The van der Waals surface area contributed by atoms with Crippen molar-refractivity contribution < 1.29 is 4.79 Å². The number of carbonyl (C=O) groups is 1. The number of aryl methyl sites for hydroxylation is 1. The average Bonchev–Trinajstić information content (AvgIpc) is 3.38. The van der Waals surface area contributed by atoms with Crippen molar-refractivity contribution in [3.63, 3.8) is 0 Å². The van der Waals surface area contributed by atoms with Gasteiger partial charge in [0.05, 0.1) is 5.75 Å². The molecule has 2 aromatic heterocycles. The van der Waals surface area contributed by atoms with Crippen LogP contribution in [-0.4, -0.2) is 30.9 Å². The first kappa shape index (κ1) is 18.7. The van der Waals surface area contributed by atoms with Gasteiger partial charge in [-0.2, -0.15) is 0 Å². The summed E-state index contributed by atoms with van der Waals surface area (Å²) >= 11 is 1.44. The van der Waals surface area contributed by atoms with Crippen molar-refractivity contribution in [1.82, 2.24) is 19.3 Å². The van der Waals surface area contributed by atoms with Crippen LogP contribution in [0, 0.1) is 13.8 Å². The van der Waals surface area contributed by atoms with Gasteiger partial charge < -0.3 is 4.57 Å². The summed E-state index contributed by atoms with van der Waals surface area (Å²) in [6.45, 7) is 8.58. The molecule has 5 nitrogen and oxygen atoms in total. The molecule has 0 amide bonds. The molecule has 0 saturated heterocycles. The topological polar surface area (TPSA) is 52.7 Å². The van der Waals surface area contributed by atoms with Crippen LogP contribution in [0.5, 0.6) is 0 Å². The number of rotatable bonds is 8. The smallest absolute Gasteiger partial charge is 0.192 e. The first-order valence-electron chi connectivity index (χ1n) is 9.54. The molecule has 1 aromatic carbocycles. The number of carbonyl (C=O) groups excluding carboxylic acids is 1. The Labute approximate surface area is 169 Å². The maximum atomic E-state index is 12.9. The fourth-order valence-corrected chi connectivity index (χ4v) is 4.48. The Hall–Kier alpha value is -2.60. The molecule has 144 valence electrons. The number of hydrogen-bond donors (Lipinski definition) is 0. The van der Waals surface area contributed by atoms with Crippen molar-refractivity contribution in [2.24, 2.45) is 0 Å². The van der Waals surface area contributed by atoms with E-state index in [2.05, 4.69) is 35.2 Å². The number of thioether (sulfide) groups is 1. The number of hydrogen-bond acceptors (Lipinski definition) is 4. The van der Waals surface area contributed by atoms with Crippen molar-refractivity contribution in [3.8, 4) is 11.4 Å². The number of allylic oxidation sites excluding steroid dienone is 1. The van der Waals surface area contributed by atoms with Crippen LogP contribution >= 0.6 is 11.8 Å². The van der Waals surface area contributed by atoms with Gasteiger partial charge in [-0.1, -0.05) is 48.2 Å². The Balaban J connectivity index is 1.54. The van der Waals surface area contributed by atoms with E-state index >= 15 is 0 Å². The SMILES string of the molecule is C=CCn1c(SCC(=O)c2cc(C)n(C3CC3)c2C)nnc1-c1ccccc1. The summed E-state index contributed by atoms with van der Waals surface area (Å²) in [7, 11) is 0. The highest BCUT2D eigenvalue weighted by Crippen LogP contribution is 2.38. The molecule has 1 saturated carbocycles. The maximum Gasteiger partial charge on any atom is 0.192 e. The molecular weight excluding hydrogens is 368 g/mol. The van der Waals surface area contributed by atoms with Crippen molar-refractivity contribution in [2.75, 3.05) is 5.75 Å². The van der Waals surface area contributed by atoms with E-state index in [0.717, 1.165) is 27.8 Å². The van der Waals surface area contributed by atoms with Crippen molar-refractivity contribution in [3.05, 3.63) is 66.0 Å². The zero-order valence-electron chi connectivity index (χ0n) is 16.3. The zero-order chi connectivity index (χ0) is 19.7. The number of ketones is 1. The van der Waals surface area contributed by atoms with Crippen LogP contribution in [0.25, 0.3) is 11.4 Å². The molecule has 0 bridgehead atoms. The predicted molar refractivity (Wildman–Crippen MR) is 113 cm³/mol. The number of aromatic nitrogens is 4. The molecule has 3 aromatic rings. The minimum absolute atomic E-state index is 0.138. The van der Waals surface area contributed by atoms with Gasteiger partial charge >= 0.3 is 0 Å². The standard InChI is InChI=1S/C22H24N4OS/c1-4-12-25-21(17-8-6-5-7-9-17)23-24-22(25)28-14-20(27)19-13-15(2)26(16(19)3)18-10-11-18/h4-9,13,18H,1,10-12,14H2,2-3H3. The second kappa shape index (κ2) is 7.80. The lowest BCUT2D eigenvalue weighted by atomic mass is 10.2. The summed E-state index contributed by atoms with van der Waals surface area (Å²) in [5, 5.41) is 9.42. The van der Waals surface area contributed by atoms with E-state index in [1.54, 1.807) is 0 Å². The summed E-state index contributed by atoms with van der Waals surface area (Å²) in [4.78, 5) is 12.9. The minimum atomic E-state index is 0.138. The van der Waals surface area contributed by atoms with E-state index in [0.29, 0.717) is 18.3 Å². The van der Waals surface area contributed by atoms with Crippen molar-refractivity contribution in [2.45, 2.75) is 44.4 Å². The van der Waals surface area contributed by atoms with Crippen LogP contribution in [0.3, 0.4) is 0 Å². The van der Waals surface area contributed by atoms with Crippen molar-refractivity contribution in [1.29, 1.82) is 0 Å². The van der Waals surface area contributed by atoms with Gasteiger partial charge in [0.1, 0.15) is 0 Å². The van der Waals surface area contributed by atoms with Gasteiger partial charge in [-0.15, -0.1) is 16.8 Å². The van der Waals surface area contributed by atoms with Gasteiger partial charge in [0.2, 0.25) is 0 Å². The molecule has 1 aliphatic carbocycles. The molecule has 0 aliphatic heterocycles. The van der Waals surface area contributed by atoms with Gasteiger partial charge in [0.15, 0.2) is 16.8 Å². The fourth-order valence-electron chi connectivity index (χ4n) is 3.65. The van der Waals surface area contributed by atoms with E-state index in [9.17, 15) is 4.79 Å². The third-order valence-electron chi connectivity index (χ3n) is 5.09. The van der Waals surface area contributed by atoms with E-state index in [4.69, 9.17) is 0 Å². The van der Waals surface area contributed by atoms with Crippen LogP contribution in [0.15, 0.2) is 54.2 Å². The number of benzene rings is 1. The van der Waals surface area contributed by atoms with E-state index < -0.39 is 0 Å². The van der Waals surface area contributed by atoms with E-state index in [1.165, 1.54) is 30.3 Å². The molecule has 1 aliphatic rings. The predicted octanol–water partition coefficient (Wildman–Crippen LogP) is 4.86. The first-order valence-corrected chi connectivity index (χ1v) is 10.5.